The summed E-state index contributed by atoms with van der Waals surface area (Å²) in [6.45, 7) is 8.51. The maximum atomic E-state index is 14.1. The van der Waals surface area contributed by atoms with Crippen LogP contribution in [0, 0.1) is 5.82 Å². The van der Waals surface area contributed by atoms with Crippen molar-refractivity contribution in [3.05, 3.63) is 65.0 Å². The number of benzene rings is 2. The fourth-order valence-corrected chi connectivity index (χ4v) is 3.28. The third-order valence-corrected chi connectivity index (χ3v) is 5.00. The fourth-order valence-electron chi connectivity index (χ4n) is 2.72. The van der Waals surface area contributed by atoms with Crippen molar-refractivity contribution in [2.45, 2.75) is 45.7 Å². The molecule has 0 aliphatic heterocycles. The first kappa shape index (κ1) is 22.7. The Bertz CT molecular complexity index is 968. The Morgan fingerprint density at radius 3 is 2.24 bits per heavy atom. The molecule has 0 aliphatic rings. The number of sulfonamides is 1. The van der Waals surface area contributed by atoms with Crippen LogP contribution in [0.15, 0.2) is 42.5 Å². The van der Waals surface area contributed by atoms with Gasteiger partial charge in [0.05, 0.1) is 18.0 Å². The van der Waals surface area contributed by atoms with Crippen LogP contribution in [-0.2, 0) is 22.0 Å². The molecule has 2 amide bonds. The maximum Gasteiger partial charge on any atom is 0.315 e. The van der Waals surface area contributed by atoms with E-state index in [0.717, 1.165) is 11.8 Å². The molecule has 0 saturated heterocycles. The quantitative estimate of drug-likeness (QED) is 0.657. The number of carbonyl (C=O) groups is 1. The Kier molecular flexibility index (Phi) is 6.89. The minimum absolute atomic E-state index is 0.0699. The molecule has 0 fully saturated rings. The molecule has 2 aromatic carbocycles. The first-order chi connectivity index (χ1) is 13.3. The van der Waals surface area contributed by atoms with E-state index in [2.05, 4.69) is 36.1 Å². The number of hydrogen-bond acceptors (Lipinski definition) is 3. The first-order valence-electron chi connectivity index (χ1n) is 9.26. The van der Waals surface area contributed by atoms with Crippen LogP contribution in [0.2, 0.25) is 0 Å². The summed E-state index contributed by atoms with van der Waals surface area (Å²) in [6, 6.07) is 11.3. The maximum absolute atomic E-state index is 14.1. The van der Waals surface area contributed by atoms with E-state index in [9.17, 15) is 17.6 Å². The Labute approximate surface area is 172 Å². The third-order valence-electron chi connectivity index (χ3n) is 4.41. The second-order valence-corrected chi connectivity index (χ2v) is 9.86. The molecule has 0 spiro atoms. The van der Waals surface area contributed by atoms with Gasteiger partial charge in [-0.1, -0.05) is 51.1 Å². The summed E-state index contributed by atoms with van der Waals surface area (Å²) in [4.78, 5) is 12.2. The smallest absolute Gasteiger partial charge is 0.315 e. The molecule has 1 atom stereocenters. The van der Waals surface area contributed by atoms with Gasteiger partial charge in [-0.3, -0.25) is 4.72 Å². The summed E-state index contributed by atoms with van der Waals surface area (Å²) >= 11 is 0. The van der Waals surface area contributed by atoms with Crippen molar-refractivity contribution in [3.63, 3.8) is 0 Å². The lowest BCUT2D eigenvalue weighted by Gasteiger charge is -2.19. The first-order valence-corrected chi connectivity index (χ1v) is 11.2. The van der Waals surface area contributed by atoms with E-state index in [4.69, 9.17) is 0 Å². The molecule has 29 heavy (non-hydrogen) atoms. The number of urea groups is 1. The van der Waals surface area contributed by atoms with Crippen molar-refractivity contribution in [2.24, 2.45) is 0 Å². The van der Waals surface area contributed by atoms with Gasteiger partial charge in [0.25, 0.3) is 0 Å². The molecule has 0 saturated carbocycles. The van der Waals surface area contributed by atoms with Crippen LogP contribution >= 0.6 is 0 Å². The summed E-state index contributed by atoms with van der Waals surface area (Å²) in [5.74, 6) is -0.707. The monoisotopic (exact) mass is 421 g/mol. The molecule has 1 unspecified atom stereocenters. The van der Waals surface area contributed by atoms with Crippen LogP contribution in [0.5, 0.6) is 0 Å². The Morgan fingerprint density at radius 2 is 1.72 bits per heavy atom. The van der Waals surface area contributed by atoms with Crippen LogP contribution in [0.4, 0.5) is 14.9 Å². The fraction of sp³-hybridized carbons (Fsp3) is 0.381. The van der Waals surface area contributed by atoms with E-state index in [1.165, 1.54) is 17.7 Å². The standard InChI is InChI=1S/C21H28FN3O3S/c1-14(16-8-11-19(18(22)12-16)25-29(5,27)28)24-20(26)23-13-15-6-9-17(10-7-15)21(2,3)4/h6-12,14,25H,13H2,1-5H3,(H2,23,24,26). The van der Waals surface area contributed by atoms with Gasteiger partial charge in [0, 0.05) is 6.54 Å². The molecular formula is C21H28FN3O3S. The van der Waals surface area contributed by atoms with E-state index < -0.39 is 21.9 Å². The second kappa shape index (κ2) is 8.82. The summed E-state index contributed by atoms with van der Waals surface area (Å²) < 4.78 is 38.7. The summed E-state index contributed by atoms with van der Waals surface area (Å²) in [7, 11) is -3.57. The van der Waals surface area contributed by atoms with Crippen molar-refractivity contribution >= 4 is 21.7 Å². The Hall–Kier alpha value is -2.61. The minimum atomic E-state index is -3.57. The normalized spacial score (nSPS) is 12.9. The van der Waals surface area contributed by atoms with Gasteiger partial charge in [-0.15, -0.1) is 0 Å². The van der Waals surface area contributed by atoms with Crippen LogP contribution in [0.3, 0.4) is 0 Å². The number of hydrogen-bond donors (Lipinski definition) is 3. The summed E-state index contributed by atoms with van der Waals surface area (Å²) in [5.41, 5.74) is 2.65. The molecule has 2 rings (SSSR count). The average molecular weight is 422 g/mol. The van der Waals surface area contributed by atoms with E-state index in [1.807, 2.05) is 24.3 Å². The zero-order valence-electron chi connectivity index (χ0n) is 17.3. The van der Waals surface area contributed by atoms with Crippen molar-refractivity contribution in [3.8, 4) is 0 Å². The number of nitrogens with one attached hydrogen (secondary N) is 3. The van der Waals surface area contributed by atoms with E-state index in [-0.39, 0.29) is 17.1 Å². The van der Waals surface area contributed by atoms with Crippen molar-refractivity contribution in [2.75, 3.05) is 11.0 Å². The van der Waals surface area contributed by atoms with Gasteiger partial charge in [-0.25, -0.2) is 17.6 Å². The summed E-state index contributed by atoms with van der Waals surface area (Å²) in [5, 5.41) is 5.52. The summed E-state index contributed by atoms with van der Waals surface area (Å²) in [6.07, 6.45) is 0.950. The predicted molar refractivity (Wildman–Crippen MR) is 114 cm³/mol. The third kappa shape index (κ3) is 7.05. The van der Waals surface area contributed by atoms with Gasteiger partial charge < -0.3 is 10.6 Å². The molecule has 3 N–H and O–H groups in total. The average Bonchev–Trinajstić information content (AvgIpc) is 2.60. The Balaban J connectivity index is 1.92. The van der Waals surface area contributed by atoms with Gasteiger partial charge >= 0.3 is 6.03 Å². The molecule has 158 valence electrons. The molecular weight excluding hydrogens is 393 g/mol. The van der Waals surface area contributed by atoms with Crippen molar-refractivity contribution in [1.82, 2.24) is 10.6 Å². The van der Waals surface area contributed by atoms with Crippen LogP contribution in [-0.4, -0.2) is 20.7 Å². The van der Waals surface area contributed by atoms with Gasteiger partial charge in [0.1, 0.15) is 5.82 Å². The topological polar surface area (TPSA) is 87.3 Å². The molecule has 0 heterocycles. The van der Waals surface area contributed by atoms with Gasteiger partial charge in [-0.05, 0) is 41.2 Å². The van der Waals surface area contributed by atoms with Crippen LogP contribution in [0.1, 0.15) is 50.4 Å². The van der Waals surface area contributed by atoms with Crippen LogP contribution < -0.4 is 15.4 Å². The number of rotatable bonds is 6. The molecule has 0 aromatic heterocycles. The SMILES string of the molecule is CC(NC(=O)NCc1ccc(C(C)(C)C)cc1)c1ccc(NS(C)(=O)=O)c(F)c1. The van der Waals surface area contributed by atoms with E-state index in [1.54, 1.807) is 13.0 Å². The predicted octanol–water partition coefficient (Wildman–Crippen LogP) is 4.06. The zero-order chi connectivity index (χ0) is 21.8. The van der Waals surface area contributed by atoms with Gasteiger partial charge in [0.2, 0.25) is 10.0 Å². The van der Waals surface area contributed by atoms with Gasteiger partial charge in [-0.2, -0.15) is 0 Å². The minimum Gasteiger partial charge on any atom is -0.334 e. The lowest BCUT2D eigenvalue weighted by atomic mass is 9.87. The largest absolute Gasteiger partial charge is 0.334 e. The number of anilines is 1. The van der Waals surface area contributed by atoms with E-state index in [0.29, 0.717) is 12.1 Å². The number of amides is 2. The number of carbonyl (C=O) groups excluding carboxylic acids is 1. The highest BCUT2D eigenvalue weighted by Crippen LogP contribution is 2.22. The van der Waals surface area contributed by atoms with Crippen LogP contribution in [0.25, 0.3) is 0 Å². The number of halogens is 1. The highest BCUT2D eigenvalue weighted by molar-refractivity contribution is 7.92. The molecule has 2 aromatic rings. The van der Waals surface area contributed by atoms with Crippen molar-refractivity contribution in [1.29, 1.82) is 0 Å². The van der Waals surface area contributed by atoms with Gasteiger partial charge in [0.15, 0.2) is 0 Å². The zero-order valence-corrected chi connectivity index (χ0v) is 18.2. The highest BCUT2D eigenvalue weighted by Gasteiger charge is 2.15. The molecule has 8 heteroatoms. The second-order valence-electron chi connectivity index (χ2n) is 8.11. The molecule has 6 nitrogen and oxygen atoms in total. The lowest BCUT2D eigenvalue weighted by Crippen LogP contribution is -2.36. The lowest BCUT2D eigenvalue weighted by molar-refractivity contribution is 0.237. The molecule has 0 radical (unpaired) electrons. The van der Waals surface area contributed by atoms with Crippen molar-refractivity contribution < 1.29 is 17.6 Å². The van der Waals surface area contributed by atoms with E-state index >= 15 is 0 Å². The molecule has 0 bridgehead atoms. The Morgan fingerprint density at radius 1 is 1.10 bits per heavy atom. The highest BCUT2D eigenvalue weighted by atomic mass is 32.2. The molecule has 0 aliphatic carbocycles.